The largest absolute Gasteiger partial charge is 0.381 e. The average molecular weight is 480 g/mol. The summed E-state index contributed by atoms with van der Waals surface area (Å²) in [7, 11) is 0. The Bertz CT molecular complexity index is 1010. The van der Waals surface area contributed by atoms with Crippen molar-refractivity contribution in [3.05, 3.63) is 57.8 Å². The SMILES string of the molecule is C=N/C=C(\C=C(C)C)C(=O)N1[C@@H](C(O)N[C@@H](c2cc(F)c(Cl)cc2F)C2COC2)C[C@H]2C[C@H]21. The van der Waals surface area contributed by atoms with Gasteiger partial charge in [-0.1, -0.05) is 17.2 Å². The maximum Gasteiger partial charge on any atom is 0.256 e. The lowest BCUT2D eigenvalue weighted by atomic mass is 9.90. The number of hydrogen-bond acceptors (Lipinski definition) is 5. The lowest BCUT2D eigenvalue weighted by Crippen LogP contribution is -2.54. The molecular weight excluding hydrogens is 452 g/mol. The number of ether oxygens (including phenoxy) is 1. The Balaban J connectivity index is 1.58. The van der Waals surface area contributed by atoms with Crippen LogP contribution >= 0.6 is 11.6 Å². The van der Waals surface area contributed by atoms with Gasteiger partial charge in [-0.2, -0.15) is 0 Å². The van der Waals surface area contributed by atoms with E-state index in [2.05, 4.69) is 17.0 Å². The van der Waals surface area contributed by atoms with Gasteiger partial charge in [-0.3, -0.25) is 15.1 Å². The number of likely N-dealkylation sites (tertiary alicyclic amines) is 1. The van der Waals surface area contributed by atoms with Crippen molar-refractivity contribution in [2.45, 2.75) is 51.0 Å². The van der Waals surface area contributed by atoms with Gasteiger partial charge >= 0.3 is 0 Å². The first-order valence-electron chi connectivity index (χ1n) is 11.0. The molecule has 3 fully saturated rings. The highest BCUT2D eigenvalue weighted by Gasteiger charge is 2.56. The van der Waals surface area contributed by atoms with Crippen LogP contribution in [0, 0.1) is 23.5 Å². The van der Waals surface area contributed by atoms with Crippen LogP contribution in [0.1, 0.15) is 38.3 Å². The molecule has 33 heavy (non-hydrogen) atoms. The molecule has 1 unspecified atom stereocenters. The van der Waals surface area contributed by atoms with Crippen molar-refractivity contribution in [1.82, 2.24) is 10.2 Å². The van der Waals surface area contributed by atoms with Gasteiger partial charge in [0.15, 0.2) is 0 Å². The zero-order chi connectivity index (χ0) is 23.9. The summed E-state index contributed by atoms with van der Waals surface area (Å²) in [5.41, 5.74) is 1.40. The van der Waals surface area contributed by atoms with Crippen LogP contribution < -0.4 is 5.32 Å². The van der Waals surface area contributed by atoms with Crippen molar-refractivity contribution in [2.24, 2.45) is 16.8 Å². The van der Waals surface area contributed by atoms with Crippen LogP contribution in [-0.2, 0) is 9.53 Å². The van der Waals surface area contributed by atoms with Gasteiger partial charge in [0.25, 0.3) is 5.91 Å². The standard InChI is InChI=1S/C24H28ClF2N3O3/c1-12(2)4-14(9-28-3)24(32)30-20-5-13(20)6-21(30)23(31)29-22(15-10-33-11-15)16-7-19(27)17(25)8-18(16)26/h4,7-9,13,15,20-23,29,31H,3,5-6,10-11H2,1-2H3/b14-9+/t13-,20-,21-,22-,23?/m1/s1. The molecule has 3 aliphatic rings. The molecule has 4 rings (SSSR count). The first-order chi connectivity index (χ1) is 15.7. The second-order valence-corrected chi connectivity index (χ2v) is 9.65. The third-order valence-electron chi connectivity index (χ3n) is 6.52. The molecule has 0 spiro atoms. The average Bonchev–Trinajstić information content (AvgIpc) is 3.37. The van der Waals surface area contributed by atoms with Gasteiger partial charge in [0.05, 0.1) is 29.9 Å². The summed E-state index contributed by atoms with van der Waals surface area (Å²) in [6.07, 6.45) is 3.52. The summed E-state index contributed by atoms with van der Waals surface area (Å²) in [5, 5.41) is 13.9. The number of fused-ring (bicyclic) bond motifs is 1. The monoisotopic (exact) mass is 479 g/mol. The molecule has 1 amide bonds. The van der Waals surface area contributed by atoms with E-state index in [1.54, 1.807) is 11.0 Å². The summed E-state index contributed by atoms with van der Waals surface area (Å²) < 4.78 is 34.1. The number of piperidine rings is 1. The minimum Gasteiger partial charge on any atom is -0.381 e. The molecule has 178 valence electrons. The number of rotatable bonds is 8. The van der Waals surface area contributed by atoms with E-state index in [1.807, 2.05) is 13.8 Å². The second kappa shape index (κ2) is 9.62. The minimum absolute atomic E-state index is 0.0490. The summed E-state index contributed by atoms with van der Waals surface area (Å²) in [6, 6.07) is 0.834. The maximum atomic E-state index is 14.7. The Hall–Kier alpha value is -2.13. The van der Waals surface area contributed by atoms with Gasteiger partial charge < -0.3 is 14.7 Å². The van der Waals surface area contributed by atoms with Crippen LogP contribution in [0.5, 0.6) is 0 Å². The van der Waals surface area contributed by atoms with Gasteiger partial charge in [-0.25, -0.2) is 8.78 Å². The minimum atomic E-state index is -1.14. The molecule has 2 heterocycles. The molecule has 0 bridgehead atoms. The lowest BCUT2D eigenvalue weighted by Gasteiger charge is -2.39. The second-order valence-electron chi connectivity index (χ2n) is 9.24. The van der Waals surface area contributed by atoms with E-state index in [-0.39, 0.29) is 28.5 Å². The summed E-state index contributed by atoms with van der Waals surface area (Å²) >= 11 is 5.72. The number of benzene rings is 1. The number of amides is 1. The molecule has 2 saturated heterocycles. The Morgan fingerprint density at radius 2 is 2.06 bits per heavy atom. The first-order valence-corrected chi connectivity index (χ1v) is 11.4. The molecule has 2 N–H and O–H groups in total. The fourth-order valence-electron chi connectivity index (χ4n) is 4.79. The van der Waals surface area contributed by atoms with Crippen molar-refractivity contribution in [2.75, 3.05) is 13.2 Å². The number of aliphatic hydroxyl groups is 1. The lowest BCUT2D eigenvalue weighted by molar-refractivity contribution is -0.132. The van der Waals surface area contributed by atoms with Gasteiger partial charge in [0.2, 0.25) is 0 Å². The normalized spacial score (nSPS) is 26.3. The van der Waals surface area contributed by atoms with Gasteiger partial charge in [0, 0.05) is 29.8 Å². The molecule has 1 aliphatic carbocycles. The number of aliphatic hydroxyl groups excluding tert-OH is 1. The van der Waals surface area contributed by atoms with E-state index in [4.69, 9.17) is 16.3 Å². The third kappa shape index (κ3) is 4.89. The smallest absolute Gasteiger partial charge is 0.256 e. The number of hydrogen-bond donors (Lipinski definition) is 2. The van der Waals surface area contributed by atoms with Crippen molar-refractivity contribution in [3.63, 3.8) is 0 Å². The van der Waals surface area contributed by atoms with Crippen LogP contribution in [0.25, 0.3) is 0 Å². The number of halogens is 3. The van der Waals surface area contributed by atoms with E-state index >= 15 is 0 Å². The topological polar surface area (TPSA) is 74.2 Å². The fraction of sp³-hybridized carbons (Fsp3) is 0.500. The van der Waals surface area contributed by atoms with Crippen molar-refractivity contribution in [1.29, 1.82) is 0 Å². The quantitative estimate of drug-likeness (QED) is 0.196. The fourth-order valence-corrected chi connectivity index (χ4v) is 4.94. The molecular formula is C24H28ClF2N3O3. The van der Waals surface area contributed by atoms with Gasteiger partial charge in [-0.15, -0.1) is 0 Å². The summed E-state index contributed by atoms with van der Waals surface area (Å²) in [5.74, 6) is -1.46. The number of allylic oxidation sites excluding steroid dienone is 1. The van der Waals surface area contributed by atoms with Gasteiger partial charge in [0.1, 0.15) is 17.9 Å². The highest BCUT2D eigenvalue weighted by Crippen LogP contribution is 2.49. The highest BCUT2D eigenvalue weighted by molar-refractivity contribution is 6.30. The number of carbonyl (C=O) groups excluding carboxylic acids is 1. The third-order valence-corrected chi connectivity index (χ3v) is 6.81. The zero-order valence-electron chi connectivity index (χ0n) is 18.6. The van der Waals surface area contributed by atoms with Gasteiger partial charge in [-0.05, 0) is 57.5 Å². The number of carbonyl (C=O) groups is 1. The number of nitrogens with zero attached hydrogens (tertiary/aromatic N) is 2. The first kappa shape index (κ1) is 24.0. The molecule has 2 aliphatic heterocycles. The zero-order valence-corrected chi connectivity index (χ0v) is 19.4. The molecule has 0 aromatic heterocycles. The molecule has 1 aromatic carbocycles. The van der Waals surface area contributed by atoms with Crippen LogP contribution in [0.2, 0.25) is 5.02 Å². The van der Waals surface area contributed by atoms with Crippen molar-refractivity contribution < 1.29 is 23.4 Å². The van der Waals surface area contributed by atoms with Crippen molar-refractivity contribution in [3.8, 4) is 0 Å². The predicted octanol–water partition coefficient (Wildman–Crippen LogP) is 3.75. The number of aliphatic imine (C=N–C) groups is 1. The van der Waals surface area contributed by atoms with E-state index < -0.39 is 29.9 Å². The maximum absolute atomic E-state index is 14.7. The Labute approximate surface area is 197 Å². The predicted molar refractivity (Wildman–Crippen MR) is 122 cm³/mol. The number of nitrogens with one attached hydrogen (secondary N) is 1. The van der Waals surface area contributed by atoms with Crippen molar-refractivity contribution >= 4 is 24.2 Å². The molecule has 6 nitrogen and oxygen atoms in total. The van der Waals surface area contributed by atoms with E-state index in [9.17, 15) is 18.7 Å². The Kier molecular flexibility index (Phi) is 7.00. The Morgan fingerprint density at radius 1 is 1.33 bits per heavy atom. The van der Waals surface area contributed by atoms with Crippen LogP contribution in [-0.4, -0.2) is 54.2 Å². The molecule has 1 aromatic rings. The molecule has 1 saturated carbocycles. The van der Waals surface area contributed by atoms with E-state index in [1.165, 1.54) is 6.20 Å². The highest BCUT2D eigenvalue weighted by atomic mass is 35.5. The molecule has 5 atom stereocenters. The summed E-state index contributed by atoms with van der Waals surface area (Å²) in [6.45, 7) is 7.92. The molecule has 9 heteroatoms. The summed E-state index contributed by atoms with van der Waals surface area (Å²) in [4.78, 5) is 18.8. The Morgan fingerprint density at radius 3 is 2.67 bits per heavy atom. The van der Waals surface area contributed by atoms with E-state index in [0.29, 0.717) is 31.1 Å². The molecule has 0 radical (unpaired) electrons. The van der Waals surface area contributed by atoms with E-state index in [0.717, 1.165) is 24.1 Å². The van der Waals surface area contributed by atoms with Crippen LogP contribution in [0.3, 0.4) is 0 Å². The van der Waals surface area contributed by atoms with Crippen LogP contribution in [0.15, 0.2) is 40.5 Å². The van der Waals surface area contributed by atoms with Crippen LogP contribution in [0.4, 0.5) is 8.78 Å².